The first-order chi connectivity index (χ1) is 11.3. The quantitative estimate of drug-likeness (QED) is 0.752. The summed E-state index contributed by atoms with van der Waals surface area (Å²) in [4.78, 5) is 1.82. The Hall–Kier alpha value is -1.32. The number of rotatable bonds is 6. The van der Waals surface area contributed by atoms with Crippen molar-refractivity contribution in [3.8, 4) is 11.5 Å². The Morgan fingerprint density at radius 2 is 1.84 bits per heavy atom. The van der Waals surface area contributed by atoms with Gasteiger partial charge in [-0.15, -0.1) is 25.6 Å². The second kappa shape index (κ2) is 9.40. The first-order valence-electron chi connectivity index (χ1n) is 7.46. The summed E-state index contributed by atoms with van der Waals surface area (Å²) < 4.78 is 72.4. The zero-order valence-electron chi connectivity index (χ0n) is 13.5. The van der Waals surface area contributed by atoms with Crippen molar-refractivity contribution in [3.63, 3.8) is 0 Å². The molecular weight excluding hydrogens is 371 g/mol. The molecule has 10 heteroatoms. The molecule has 144 valence electrons. The van der Waals surface area contributed by atoms with Crippen LogP contribution in [-0.4, -0.2) is 51.0 Å². The number of alkyl halides is 5. The minimum atomic E-state index is -4.85. The van der Waals surface area contributed by atoms with Crippen LogP contribution in [0.5, 0.6) is 11.5 Å². The summed E-state index contributed by atoms with van der Waals surface area (Å²) in [5.74, 6) is -0.193. The molecule has 1 saturated heterocycles. The maximum Gasteiger partial charge on any atom is 0.573 e. The Labute approximate surface area is 148 Å². The van der Waals surface area contributed by atoms with Gasteiger partial charge in [0.1, 0.15) is 11.5 Å². The van der Waals surface area contributed by atoms with Gasteiger partial charge in [-0.1, -0.05) is 0 Å². The van der Waals surface area contributed by atoms with Crippen LogP contribution in [-0.2, 0) is 0 Å². The molecule has 1 atom stereocenters. The van der Waals surface area contributed by atoms with Crippen LogP contribution in [0.4, 0.5) is 22.0 Å². The number of hydrogen-bond acceptors (Lipinski definition) is 4. The predicted octanol–water partition coefficient (Wildman–Crippen LogP) is 3.62. The van der Waals surface area contributed by atoms with E-state index in [4.69, 9.17) is 4.74 Å². The number of ether oxygens (including phenoxy) is 2. The molecule has 1 heterocycles. The Kier molecular flexibility index (Phi) is 8.17. The van der Waals surface area contributed by atoms with Gasteiger partial charge in [-0.3, -0.25) is 4.90 Å². The van der Waals surface area contributed by atoms with E-state index in [0.717, 1.165) is 12.1 Å². The molecule has 2 rings (SSSR count). The van der Waals surface area contributed by atoms with Gasteiger partial charge in [-0.25, -0.2) is 8.78 Å². The van der Waals surface area contributed by atoms with Crippen LogP contribution in [0.1, 0.15) is 18.0 Å². The third kappa shape index (κ3) is 6.48. The van der Waals surface area contributed by atoms with E-state index in [1.165, 1.54) is 13.2 Å². The minimum absolute atomic E-state index is 0. The molecule has 1 aromatic carbocycles. The molecule has 0 aliphatic carbocycles. The summed E-state index contributed by atoms with van der Waals surface area (Å²) >= 11 is 0. The van der Waals surface area contributed by atoms with Crippen molar-refractivity contribution < 1.29 is 31.4 Å². The van der Waals surface area contributed by atoms with E-state index in [2.05, 4.69) is 10.1 Å². The summed E-state index contributed by atoms with van der Waals surface area (Å²) in [6, 6.07) is 2.78. The van der Waals surface area contributed by atoms with Crippen molar-refractivity contribution in [2.75, 3.05) is 33.3 Å². The highest BCUT2D eigenvalue weighted by molar-refractivity contribution is 5.85. The fourth-order valence-corrected chi connectivity index (χ4v) is 2.81. The number of methoxy groups -OCH3 is 1. The Morgan fingerprint density at radius 3 is 2.36 bits per heavy atom. The van der Waals surface area contributed by atoms with Gasteiger partial charge in [-0.2, -0.15) is 0 Å². The van der Waals surface area contributed by atoms with Crippen LogP contribution >= 0.6 is 12.4 Å². The summed E-state index contributed by atoms with van der Waals surface area (Å²) in [7, 11) is 1.35. The second-order valence-corrected chi connectivity index (χ2v) is 5.38. The minimum Gasteiger partial charge on any atom is -0.496 e. The SMILES string of the molecule is COc1ccc(OC(F)(F)F)cc1[C@@H](CC(F)F)N1CCNCC1.Cl. The molecule has 0 spiro atoms. The standard InChI is InChI=1S/C15H19F5N2O2.ClH/c1-23-13-3-2-10(24-15(18,19)20)8-11(13)12(9-14(16)17)22-6-4-21-5-7-22;/h2-3,8,12,14,21H,4-7,9H2,1H3;1H/t12-;/m1./s1. The fraction of sp³-hybridized carbons (Fsp3) is 0.600. The predicted molar refractivity (Wildman–Crippen MR) is 84.7 cm³/mol. The monoisotopic (exact) mass is 390 g/mol. The topological polar surface area (TPSA) is 33.7 Å². The molecular formula is C15H20ClF5N2O2. The molecule has 0 amide bonds. The van der Waals surface area contributed by atoms with Crippen LogP contribution in [0.3, 0.4) is 0 Å². The normalized spacial score (nSPS) is 17.1. The number of piperazine rings is 1. The van der Waals surface area contributed by atoms with E-state index >= 15 is 0 Å². The molecule has 0 aromatic heterocycles. The van der Waals surface area contributed by atoms with E-state index in [-0.39, 0.29) is 23.7 Å². The van der Waals surface area contributed by atoms with E-state index in [0.29, 0.717) is 26.2 Å². The largest absolute Gasteiger partial charge is 0.573 e. The third-order valence-electron chi connectivity index (χ3n) is 3.79. The summed E-state index contributed by atoms with van der Waals surface area (Å²) in [6.07, 6.45) is -7.94. The van der Waals surface area contributed by atoms with Gasteiger partial charge in [0.15, 0.2) is 0 Å². The molecule has 0 radical (unpaired) electrons. The highest BCUT2D eigenvalue weighted by atomic mass is 35.5. The molecule has 0 bridgehead atoms. The molecule has 1 aliphatic heterocycles. The zero-order valence-corrected chi connectivity index (χ0v) is 14.3. The van der Waals surface area contributed by atoms with Crippen LogP contribution < -0.4 is 14.8 Å². The van der Waals surface area contributed by atoms with E-state index < -0.39 is 31.0 Å². The fourth-order valence-electron chi connectivity index (χ4n) is 2.81. The lowest BCUT2D eigenvalue weighted by Gasteiger charge is -2.35. The maximum atomic E-state index is 13.0. The van der Waals surface area contributed by atoms with Gasteiger partial charge in [0.05, 0.1) is 7.11 Å². The lowest BCUT2D eigenvalue weighted by atomic mass is 9.99. The average molecular weight is 391 g/mol. The average Bonchev–Trinajstić information content (AvgIpc) is 2.52. The van der Waals surface area contributed by atoms with Crippen molar-refractivity contribution in [2.24, 2.45) is 0 Å². The van der Waals surface area contributed by atoms with E-state index in [1.807, 2.05) is 4.90 Å². The van der Waals surface area contributed by atoms with Crippen LogP contribution in [0.25, 0.3) is 0 Å². The molecule has 1 aliphatic rings. The number of nitrogens with zero attached hydrogens (tertiary/aromatic N) is 1. The first kappa shape index (κ1) is 21.7. The molecule has 0 saturated carbocycles. The van der Waals surface area contributed by atoms with Gasteiger partial charge in [0, 0.05) is 44.2 Å². The maximum absolute atomic E-state index is 13.0. The number of nitrogens with one attached hydrogen (secondary N) is 1. The van der Waals surface area contributed by atoms with E-state index in [9.17, 15) is 22.0 Å². The van der Waals surface area contributed by atoms with Crippen LogP contribution in [0.2, 0.25) is 0 Å². The van der Waals surface area contributed by atoms with Crippen molar-refractivity contribution in [1.82, 2.24) is 10.2 Å². The number of hydrogen-bond donors (Lipinski definition) is 1. The lowest BCUT2D eigenvalue weighted by Crippen LogP contribution is -2.45. The number of halogens is 6. The molecule has 1 N–H and O–H groups in total. The van der Waals surface area contributed by atoms with Gasteiger partial charge in [0.2, 0.25) is 6.43 Å². The van der Waals surface area contributed by atoms with Gasteiger partial charge < -0.3 is 14.8 Å². The van der Waals surface area contributed by atoms with Crippen molar-refractivity contribution in [2.45, 2.75) is 25.3 Å². The van der Waals surface area contributed by atoms with Gasteiger partial charge in [0.25, 0.3) is 0 Å². The Balaban J connectivity index is 0.00000312. The molecule has 1 aromatic rings. The van der Waals surface area contributed by atoms with Crippen LogP contribution in [0.15, 0.2) is 18.2 Å². The highest BCUT2D eigenvalue weighted by Crippen LogP contribution is 2.37. The summed E-state index contributed by atoms with van der Waals surface area (Å²) in [5, 5.41) is 3.11. The summed E-state index contributed by atoms with van der Waals surface area (Å²) in [6.45, 7) is 2.29. The van der Waals surface area contributed by atoms with Gasteiger partial charge >= 0.3 is 6.36 Å². The second-order valence-electron chi connectivity index (χ2n) is 5.38. The molecule has 25 heavy (non-hydrogen) atoms. The smallest absolute Gasteiger partial charge is 0.496 e. The summed E-state index contributed by atoms with van der Waals surface area (Å²) in [5.41, 5.74) is 0.265. The lowest BCUT2D eigenvalue weighted by molar-refractivity contribution is -0.274. The van der Waals surface area contributed by atoms with Crippen LogP contribution in [0, 0.1) is 0 Å². The Bertz CT molecular complexity index is 539. The van der Waals surface area contributed by atoms with Gasteiger partial charge in [-0.05, 0) is 18.2 Å². The molecule has 0 unspecified atom stereocenters. The number of benzene rings is 1. The van der Waals surface area contributed by atoms with Crippen molar-refractivity contribution in [1.29, 1.82) is 0 Å². The highest BCUT2D eigenvalue weighted by Gasteiger charge is 2.33. The molecule has 4 nitrogen and oxygen atoms in total. The third-order valence-corrected chi connectivity index (χ3v) is 3.79. The van der Waals surface area contributed by atoms with E-state index in [1.54, 1.807) is 0 Å². The zero-order chi connectivity index (χ0) is 17.7. The first-order valence-corrected chi connectivity index (χ1v) is 7.46. The van der Waals surface area contributed by atoms with Crippen molar-refractivity contribution >= 4 is 12.4 Å². The molecule has 1 fully saturated rings. The van der Waals surface area contributed by atoms with Crippen molar-refractivity contribution in [3.05, 3.63) is 23.8 Å². The Morgan fingerprint density at radius 1 is 1.20 bits per heavy atom.